The molecule has 9 N–H and O–H groups in total. The number of aliphatic carboxylic acids is 1. The third-order valence-corrected chi connectivity index (χ3v) is 5.69. The summed E-state index contributed by atoms with van der Waals surface area (Å²) in [6, 6.07) is -3.59. The Morgan fingerprint density at radius 2 is 1.81 bits per heavy atom. The summed E-state index contributed by atoms with van der Waals surface area (Å²) in [5.41, 5.74) is 16.5. The van der Waals surface area contributed by atoms with Crippen LogP contribution in [0.2, 0.25) is 0 Å². The van der Waals surface area contributed by atoms with E-state index in [0.717, 1.165) is 0 Å². The van der Waals surface area contributed by atoms with E-state index >= 15 is 0 Å². The van der Waals surface area contributed by atoms with Gasteiger partial charge in [0.2, 0.25) is 17.7 Å². The van der Waals surface area contributed by atoms with Crippen molar-refractivity contribution in [3.8, 4) is 0 Å². The fourth-order valence-electron chi connectivity index (χ4n) is 3.43. The zero-order valence-electron chi connectivity index (χ0n) is 19.0. The van der Waals surface area contributed by atoms with Gasteiger partial charge in [-0.1, -0.05) is 20.3 Å². The molecule has 0 saturated carbocycles. The van der Waals surface area contributed by atoms with Crippen molar-refractivity contribution in [2.45, 2.75) is 77.0 Å². The van der Waals surface area contributed by atoms with Crippen molar-refractivity contribution in [1.29, 1.82) is 0 Å². The van der Waals surface area contributed by atoms with Gasteiger partial charge in [0.15, 0.2) is 5.96 Å². The number of hydrogen-bond donors (Lipinski definition) is 6. The summed E-state index contributed by atoms with van der Waals surface area (Å²) in [7, 11) is 0. The lowest BCUT2D eigenvalue weighted by molar-refractivity contribution is -0.149. The number of carboxylic acid groups (broad SMARTS) is 1. The van der Waals surface area contributed by atoms with Gasteiger partial charge in [0.05, 0.1) is 6.04 Å². The molecule has 5 unspecified atom stereocenters. The smallest absolute Gasteiger partial charge is 0.326 e. The van der Waals surface area contributed by atoms with Crippen LogP contribution in [-0.2, 0) is 19.2 Å². The molecule has 1 fully saturated rings. The normalized spacial score (nSPS) is 19.4. The van der Waals surface area contributed by atoms with Crippen molar-refractivity contribution in [2.75, 3.05) is 13.1 Å². The van der Waals surface area contributed by atoms with E-state index in [9.17, 15) is 24.3 Å². The van der Waals surface area contributed by atoms with Gasteiger partial charge in [-0.05, 0) is 38.5 Å². The number of likely N-dealkylation sites (tertiary alicyclic amines) is 1. The molecular formula is C20H37N7O5. The number of aliphatic imine (C=N–C) groups is 1. The van der Waals surface area contributed by atoms with Crippen LogP contribution >= 0.6 is 0 Å². The van der Waals surface area contributed by atoms with Crippen molar-refractivity contribution < 1.29 is 24.3 Å². The first kappa shape index (κ1) is 27.1. The third kappa shape index (κ3) is 7.98. The molecule has 1 saturated heterocycles. The Labute approximate surface area is 188 Å². The molecule has 0 aromatic heterocycles. The highest BCUT2D eigenvalue weighted by Gasteiger charge is 2.38. The molecule has 0 radical (unpaired) electrons. The van der Waals surface area contributed by atoms with Gasteiger partial charge in [-0.15, -0.1) is 0 Å². The minimum absolute atomic E-state index is 0.0572. The Morgan fingerprint density at radius 3 is 2.38 bits per heavy atom. The number of carboxylic acids is 1. The first-order valence-electron chi connectivity index (χ1n) is 10.9. The van der Waals surface area contributed by atoms with E-state index in [1.54, 1.807) is 0 Å². The Balaban J connectivity index is 2.86. The summed E-state index contributed by atoms with van der Waals surface area (Å²) in [5, 5.41) is 14.6. The summed E-state index contributed by atoms with van der Waals surface area (Å²) in [5.74, 6) is -2.73. The van der Waals surface area contributed by atoms with E-state index in [1.807, 2.05) is 13.8 Å². The van der Waals surface area contributed by atoms with Gasteiger partial charge in [-0.2, -0.15) is 0 Å². The highest BCUT2D eigenvalue weighted by molar-refractivity contribution is 5.94. The van der Waals surface area contributed by atoms with Crippen LogP contribution in [0.25, 0.3) is 0 Å². The van der Waals surface area contributed by atoms with Crippen LogP contribution in [-0.4, -0.2) is 76.9 Å². The van der Waals surface area contributed by atoms with Crippen molar-refractivity contribution in [1.82, 2.24) is 15.5 Å². The number of nitrogens with zero attached hydrogens (tertiary/aromatic N) is 2. The SMILES string of the molecule is CCC(C)C(N)C(=O)NC(C)C(=O)NC(CCCN=C(N)N)C(=O)N1CCCC1C(=O)O. The maximum absolute atomic E-state index is 13.1. The summed E-state index contributed by atoms with van der Waals surface area (Å²) in [6.07, 6.45) is 2.23. The molecule has 1 rings (SSSR count). The molecular weight excluding hydrogens is 418 g/mol. The molecule has 5 atom stereocenters. The second-order valence-electron chi connectivity index (χ2n) is 8.18. The van der Waals surface area contributed by atoms with Crippen LogP contribution < -0.4 is 27.8 Å². The molecule has 12 heteroatoms. The topological polar surface area (TPSA) is 206 Å². The van der Waals surface area contributed by atoms with E-state index in [0.29, 0.717) is 32.2 Å². The largest absolute Gasteiger partial charge is 0.480 e. The predicted octanol–water partition coefficient (Wildman–Crippen LogP) is -1.52. The number of rotatable bonds is 12. The summed E-state index contributed by atoms with van der Waals surface area (Å²) in [6.45, 7) is 5.80. The lowest BCUT2D eigenvalue weighted by atomic mass is 9.99. The second kappa shape index (κ2) is 12.8. The fourth-order valence-corrected chi connectivity index (χ4v) is 3.43. The predicted molar refractivity (Wildman–Crippen MR) is 119 cm³/mol. The standard InChI is InChI=1S/C20H37N7O5/c1-4-11(2)15(21)17(29)25-12(3)16(28)26-13(7-5-9-24-20(22)23)18(30)27-10-6-8-14(27)19(31)32/h11-15H,4-10,21H2,1-3H3,(H,25,29)(H,26,28)(H,31,32)(H4,22,23,24). The first-order valence-corrected chi connectivity index (χ1v) is 10.9. The highest BCUT2D eigenvalue weighted by Crippen LogP contribution is 2.19. The Bertz CT molecular complexity index is 710. The Morgan fingerprint density at radius 1 is 1.16 bits per heavy atom. The molecule has 32 heavy (non-hydrogen) atoms. The van der Waals surface area contributed by atoms with E-state index in [4.69, 9.17) is 17.2 Å². The number of carbonyl (C=O) groups excluding carboxylic acids is 3. The molecule has 1 aliphatic rings. The first-order chi connectivity index (χ1) is 15.0. The van der Waals surface area contributed by atoms with Gasteiger partial charge in [0.1, 0.15) is 18.1 Å². The maximum Gasteiger partial charge on any atom is 0.326 e. The molecule has 0 bridgehead atoms. The molecule has 1 heterocycles. The van der Waals surface area contributed by atoms with Crippen LogP contribution in [0.4, 0.5) is 0 Å². The van der Waals surface area contributed by atoms with Crippen molar-refractivity contribution in [2.24, 2.45) is 28.1 Å². The van der Waals surface area contributed by atoms with Gasteiger partial charge in [0.25, 0.3) is 0 Å². The molecule has 0 spiro atoms. The number of guanidine groups is 1. The van der Waals surface area contributed by atoms with Crippen molar-refractivity contribution in [3.05, 3.63) is 0 Å². The van der Waals surface area contributed by atoms with E-state index < -0.39 is 47.9 Å². The van der Waals surface area contributed by atoms with Gasteiger partial charge in [-0.25, -0.2) is 4.79 Å². The number of nitrogens with one attached hydrogen (secondary N) is 2. The van der Waals surface area contributed by atoms with Gasteiger partial charge < -0.3 is 37.8 Å². The van der Waals surface area contributed by atoms with E-state index in [-0.39, 0.29) is 24.8 Å². The summed E-state index contributed by atoms with van der Waals surface area (Å²) < 4.78 is 0. The monoisotopic (exact) mass is 455 g/mol. The second-order valence-corrected chi connectivity index (χ2v) is 8.18. The molecule has 12 nitrogen and oxygen atoms in total. The van der Waals surface area contributed by atoms with Gasteiger partial charge >= 0.3 is 5.97 Å². The van der Waals surface area contributed by atoms with Crippen molar-refractivity contribution >= 4 is 29.7 Å². The van der Waals surface area contributed by atoms with Crippen LogP contribution in [0.5, 0.6) is 0 Å². The number of hydrogen-bond acceptors (Lipinski definition) is 6. The molecule has 3 amide bonds. The fraction of sp³-hybridized carbons (Fsp3) is 0.750. The zero-order valence-corrected chi connectivity index (χ0v) is 19.0. The number of nitrogens with two attached hydrogens (primary N) is 3. The minimum Gasteiger partial charge on any atom is -0.480 e. The summed E-state index contributed by atoms with van der Waals surface area (Å²) >= 11 is 0. The molecule has 1 aliphatic heterocycles. The van der Waals surface area contributed by atoms with Crippen LogP contribution in [0.3, 0.4) is 0 Å². The third-order valence-electron chi connectivity index (χ3n) is 5.69. The Hall–Kier alpha value is -2.89. The molecule has 0 aromatic rings. The number of amides is 3. The Kier molecular flexibility index (Phi) is 10.9. The molecule has 0 aromatic carbocycles. The van der Waals surface area contributed by atoms with Crippen LogP contribution in [0, 0.1) is 5.92 Å². The average Bonchev–Trinajstić information content (AvgIpc) is 3.23. The highest BCUT2D eigenvalue weighted by atomic mass is 16.4. The summed E-state index contributed by atoms with van der Waals surface area (Å²) in [4.78, 5) is 54.7. The van der Waals surface area contributed by atoms with E-state index in [1.165, 1.54) is 11.8 Å². The maximum atomic E-state index is 13.1. The zero-order chi connectivity index (χ0) is 24.4. The quantitative estimate of drug-likeness (QED) is 0.115. The average molecular weight is 456 g/mol. The molecule has 182 valence electrons. The number of carbonyl (C=O) groups is 4. The lowest BCUT2D eigenvalue weighted by Gasteiger charge is -2.28. The molecule has 0 aliphatic carbocycles. The van der Waals surface area contributed by atoms with E-state index in [2.05, 4.69) is 15.6 Å². The van der Waals surface area contributed by atoms with Crippen LogP contribution in [0.1, 0.15) is 52.9 Å². The minimum atomic E-state index is -1.08. The lowest BCUT2D eigenvalue weighted by Crippen LogP contribution is -2.56. The van der Waals surface area contributed by atoms with Gasteiger partial charge in [-0.3, -0.25) is 19.4 Å². The van der Waals surface area contributed by atoms with Crippen molar-refractivity contribution in [3.63, 3.8) is 0 Å². The van der Waals surface area contributed by atoms with Gasteiger partial charge in [0, 0.05) is 13.1 Å². The van der Waals surface area contributed by atoms with Crippen LogP contribution in [0.15, 0.2) is 4.99 Å².